The molecular weight excluding hydrogens is 388 g/mol. The number of rotatable bonds is 9. The number of carbonyl (C=O) groups excluding carboxylic acids is 2. The first-order chi connectivity index (χ1) is 13.9. The zero-order valence-electron chi connectivity index (χ0n) is 15.7. The third-order valence-electron chi connectivity index (χ3n) is 3.53. The predicted molar refractivity (Wildman–Crippen MR) is 101 cm³/mol. The molecule has 0 atom stereocenters. The summed E-state index contributed by atoms with van der Waals surface area (Å²) in [5, 5.41) is 2.47. The molecule has 2 aromatic carbocycles. The first-order valence-electron chi connectivity index (χ1n) is 8.33. The molecule has 0 radical (unpaired) electrons. The second-order valence-corrected chi connectivity index (χ2v) is 5.51. The van der Waals surface area contributed by atoms with E-state index in [0.29, 0.717) is 22.7 Å². The van der Waals surface area contributed by atoms with Crippen molar-refractivity contribution >= 4 is 23.6 Å². The van der Waals surface area contributed by atoms with Crippen molar-refractivity contribution in [2.75, 3.05) is 26.1 Å². The van der Waals surface area contributed by atoms with Crippen LogP contribution in [-0.2, 0) is 14.3 Å². The first-order valence-corrected chi connectivity index (χ1v) is 8.33. The van der Waals surface area contributed by atoms with Crippen LogP contribution in [0.1, 0.15) is 5.56 Å². The maximum atomic E-state index is 12.1. The van der Waals surface area contributed by atoms with Gasteiger partial charge in [-0.25, -0.2) is 4.79 Å². The van der Waals surface area contributed by atoms with Crippen LogP contribution in [0.4, 0.5) is 14.5 Å². The minimum atomic E-state index is -2.93. The molecule has 9 heteroatoms. The van der Waals surface area contributed by atoms with Crippen molar-refractivity contribution in [1.29, 1.82) is 0 Å². The second-order valence-electron chi connectivity index (χ2n) is 5.51. The van der Waals surface area contributed by atoms with Gasteiger partial charge in [0.1, 0.15) is 5.75 Å². The van der Waals surface area contributed by atoms with E-state index < -0.39 is 25.1 Å². The number of ether oxygens (including phenoxy) is 4. The van der Waals surface area contributed by atoms with Gasteiger partial charge in [-0.15, -0.1) is 0 Å². The topological polar surface area (TPSA) is 83.1 Å². The molecule has 0 unspecified atom stereocenters. The molecule has 0 aliphatic rings. The summed E-state index contributed by atoms with van der Waals surface area (Å²) in [5.41, 5.74) is 1.02. The third-order valence-corrected chi connectivity index (χ3v) is 3.53. The molecule has 154 valence electrons. The maximum absolute atomic E-state index is 12.1. The highest BCUT2D eigenvalue weighted by molar-refractivity contribution is 5.94. The van der Waals surface area contributed by atoms with Crippen molar-refractivity contribution < 1.29 is 37.3 Å². The van der Waals surface area contributed by atoms with Crippen LogP contribution in [0.3, 0.4) is 0 Å². The van der Waals surface area contributed by atoms with Crippen LogP contribution < -0.4 is 19.5 Å². The van der Waals surface area contributed by atoms with E-state index in [1.165, 1.54) is 50.6 Å². The monoisotopic (exact) mass is 407 g/mol. The molecule has 0 saturated heterocycles. The number of carbonyl (C=O) groups is 2. The van der Waals surface area contributed by atoms with E-state index in [2.05, 4.69) is 10.1 Å². The van der Waals surface area contributed by atoms with E-state index in [0.717, 1.165) is 0 Å². The number of esters is 1. The van der Waals surface area contributed by atoms with E-state index in [1.54, 1.807) is 18.2 Å². The van der Waals surface area contributed by atoms with Crippen LogP contribution in [-0.4, -0.2) is 39.3 Å². The number of alkyl halides is 2. The lowest BCUT2D eigenvalue weighted by molar-refractivity contribution is -0.142. The molecule has 0 heterocycles. The van der Waals surface area contributed by atoms with Crippen LogP contribution >= 0.6 is 0 Å². The number of benzene rings is 2. The molecular formula is C20H19F2NO6. The molecule has 0 saturated carbocycles. The molecule has 0 aliphatic carbocycles. The number of anilines is 1. The van der Waals surface area contributed by atoms with Crippen molar-refractivity contribution in [2.24, 2.45) is 0 Å². The minimum absolute atomic E-state index is 0.0373. The molecule has 2 rings (SSSR count). The molecule has 0 bridgehead atoms. The second kappa shape index (κ2) is 10.6. The molecule has 0 fully saturated rings. The summed E-state index contributed by atoms with van der Waals surface area (Å²) in [6.07, 6.45) is 2.68. The molecule has 0 aromatic heterocycles. The molecule has 2 aromatic rings. The lowest BCUT2D eigenvalue weighted by Crippen LogP contribution is -2.20. The summed E-state index contributed by atoms with van der Waals surface area (Å²) in [6, 6.07) is 10.4. The van der Waals surface area contributed by atoms with E-state index in [4.69, 9.17) is 14.2 Å². The van der Waals surface area contributed by atoms with Gasteiger partial charge < -0.3 is 24.3 Å². The number of nitrogens with one attached hydrogen (secondary N) is 1. The number of amides is 1. The van der Waals surface area contributed by atoms with E-state index in [9.17, 15) is 18.4 Å². The number of methoxy groups -OCH3 is 2. The Morgan fingerprint density at radius 3 is 2.34 bits per heavy atom. The van der Waals surface area contributed by atoms with Crippen molar-refractivity contribution in [1.82, 2.24) is 0 Å². The molecule has 0 aliphatic heterocycles. The summed E-state index contributed by atoms with van der Waals surface area (Å²) >= 11 is 0. The average Bonchev–Trinajstić information content (AvgIpc) is 2.71. The quantitative estimate of drug-likeness (QED) is 0.506. The Kier molecular flexibility index (Phi) is 7.96. The van der Waals surface area contributed by atoms with Gasteiger partial charge in [-0.2, -0.15) is 8.78 Å². The highest BCUT2D eigenvalue weighted by Crippen LogP contribution is 2.28. The average molecular weight is 407 g/mol. The highest BCUT2D eigenvalue weighted by Gasteiger charge is 2.08. The number of hydrogen-bond donors (Lipinski definition) is 1. The Hall–Kier alpha value is -3.62. The normalized spacial score (nSPS) is 10.7. The van der Waals surface area contributed by atoms with Gasteiger partial charge in [0.25, 0.3) is 5.91 Å². The minimum Gasteiger partial charge on any atom is -0.493 e. The van der Waals surface area contributed by atoms with Crippen molar-refractivity contribution in [3.8, 4) is 17.2 Å². The van der Waals surface area contributed by atoms with Gasteiger partial charge in [0, 0.05) is 11.8 Å². The van der Waals surface area contributed by atoms with Gasteiger partial charge in [-0.05, 0) is 48.0 Å². The van der Waals surface area contributed by atoms with Crippen LogP contribution in [0.15, 0.2) is 48.5 Å². The largest absolute Gasteiger partial charge is 0.493 e. The standard InChI is InChI=1S/C20H19F2NO6/c1-26-16-9-3-13(11-17(16)27-2)4-10-19(25)28-12-18(24)23-14-5-7-15(8-6-14)29-20(21)22/h3-11,20H,12H2,1-2H3,(H,23,24)/b10-4+. The summed E-state index contributed by atoms with van der Waals surface area (Å²) in [4.78, 5) is 23.6. The fourth-order valence-corrected chi connectivity index (χ4v) is 2.22. The SMILES string of the molecule is COc1ccc(/C=C/C(=O)OCC(=O)Nc2ccc(OC(F)F)cc2)cc1OC. The van der Waals surface area contributed by atoms with Crippen LogP contribution in [0, 0.1) is 0 Å². The van der Waals surface area contributed by atoms with E-state index in [-0.39, 0.29) is 5.75 Å². The van der Waals surface area contributed by atoms with E-state index >= 15 is 0 Å². The van der Waals surface area contributed by atoms with Gasteiger partial charge in [0.05, 0.1) is 14.2 Å². The fourth-order valence-electron chi connectivity index (χ4n) is 2.22. The van der Waals surface area contributed by atoms with Gasteiger partial charge in [-0.1, -0.05) is 6.07 Å². The van der Waals surface area contributed by atoms with Crippen LogP contribution in [0.25, 0.3) is 6.08 Å². The molecule has 1 N–H and O–H groups in total. The molecule has 7 nitrogen and oxygen atoms in total. The lowest BCUT2D eigenvalue weighted by atomic mass is 10.2. The Morgan fingerprint density at radius 1 is 1.03 bits per heavy atom. The fraction of sp³-hybridized carbons (Fsp3) is 0.200. The number of halogens is 2. The van der Waals surface area contributed by atoms with Crippen LogP contribution in [0.5, 0.6) is 17.2 Å². The zero-order chi connectivity index (χ0) is 21.2. The number of hydrogen-bond acceptors (Lipinski definition) is 6. The Morgan fingerprint density at radius 2 is 1.72 bits per heavy atom. The highest BCUT2D eigenvalue weighted by atomic mass is 19.3. The Bertz CT molecular complexity index is 868. The van der Waals surface area contributed by atoms with Crippen molar-refractivity contribution in [3.63, 3.8) is 0 Å². The predicted octanol–water partition coefficient (Wildman–Crippen LogP) is 3.50. The summed E-state index contributed by atoms with van der Waals surface area (Å²) in [5.74, 6) is -0.272. The van der Waals surface area contributed by atoms with Gasteiger partial charge in [-0.3, -0.25) is 4.79 Å². The Labute approximate surface area is 165 Å². The van der Waals surface area contributed by atoms with Gasteiger partial charge in [0.2, 0.25) is 0 Å². The summed E-state index contributed by atoms with van der Waals surface area (Å²) in [7, 11) is 3.01. The summed E-state index contributed by atoms with van der Waals surface area (Å²) in [6.45, 7) is -3.44. The lowest BCUT2D eigenvalue weighted by Gasteiger charge is -2.08. The first kappa shape index (κ1) is 21.7. The van der Waals surface area contributed by atoms with Crippen LogP contribution in [0.2, 0.25) is 0 Å². The third kappa shape index (κ3) is 7.13. The zero-order valence-corrected chi connectivity index (χ0v) is 15.7. The smallest absolute Gasteiger partial charge is 0.387 e. The molecule has 1 amide bonds. The summed E-state index contributed by atoms with van der Waals surface area (Å²) < 4.78 is 43.6. The van der Waals surface area contributed by atoms with Crippen molar-refractivity contribution in [2.45, 2.75) is 6.61 Å². The Balaban J connectivity index is 1.82. The molecule has 29 heavy (non-hydrogen) atoms. The van der Waals surface area contributed by atoms with Gasteiger partial charge >= 0.3 is 12.6 Å². The van der Waals surface area contributed by atoms with E-state index in [1.807, 2.05) is 0 Å². The van der Waals surface area contributed by atoms with Gasteiger partial charge in [0.15, 0.2) is 18.1 Å². The molecule has 0 spiro atoms. The maximum Gasteiger partial charge on any atom is 0.387 e. The van der Waals surface area contributed by atoms with Crippen molar-refractivity contribution in [3.05, 3.63) is 54.1 Å².